The summed E-state index contributed by atoms with van der Waals surface area (Å²) >= 11 is 0. The van der Waals surface area contributed by atoms with Gasteiger partial charge in [-0.05, 0) is 31.4 Å². The molecule has 0 unspecified atom stereocenters. The Morgan fingerprint density at radius 1 is 1.11 bits per heavy atom. The molecule has 2 aromatic heterocycles. The van der Waals surface area contributed by atoms with E-state index < -0.39 is 17.6 Å². The highest BCUT2D eigenvalue weighted by atomic mass is 16.5. The van der Waals surface area contributed by atoms with Gasteiger partial charge in [0, 0.05) is 17.0 Å². The van der Waals surface area contributed by atoms with Crippen LogP contribution in [0.1, 0.15) is 36.2 Å². The van der Waals surface area contributed by atoms with Gasteiger partial charge in [0.1, 0.15) is 18.1 Å². The van der Waals surface area contributed by atoms with E-state index in [9.17, 15) is 10.2 Å². The second-order valence-corrected chi connectivity index (χ2v) is 7.90. The lowest BCUT2D eigenvalue weighted by atomic mass is 9.80. The summed E-state index contributed by atoms with van der Waals surface area (Å²) in [7, 11) is 0. The number of benzene rings is 1. The molecule has 0 amide bonds. The molecule has 6 nitrogen and oxygen atoms in total. The molecule has 1 aliphatic carbocycles. The Balaban J connectivity index is 1.47. The van der Waals surface area contributed by atoms with Crippen LogP contribution >= 0.6 is 0 Å². The lowest BCUT2D eigenvalue weighted by molar-refractivity contribution is -0.0309. The number of rotatable bonds is 2. The van der Waals surface area contributed by atoms with Gasteiger partial charge in [0.15, 0.2) is 0 Å². The van der Waals surface area contributed by atoms with E-state index in [1.165, 1.54) is 0 Å². The van der Waals surface area contributed by atoms with Crippen molar-refractivity contribution >= 4 is 11.0 Å². The molecule has 1 aliphatic heterocycles. The van der Waals surface area contributed by atoms with Gasteiger partial charge < -0.3 is 19.5 Å². The van der Waals surface area contributed by atoms with E-state index in [2.05, 4.69) is 22.1 Å². The van der Waals surface area contributed by atoms with Gasteiger partial charge in [-0.15, -0.1) is 0 Å². The maximum Gasteiger partial charge on any atom is 0.143 e. The van der Waals surface area contributed by atoms with Crippen LogP contribution in [0.2, 0.25) is 0 Å². The quantitative estimate of drug-likeness (QED) is 0.730. The molecule has 0 radical (unpaired) electrons. The second kappa shape index (κ2) is 6.12. The monoisotopic (exact) mass is 365 g/mol. The van der Waals surface area contributed by atoms with E-state index >= 15 is 0 Å². The molecule has 1 spiro atoms. The van der Waals surface area contributed by atoms with Gasteiger partial charge in [-0.1, -0.05) is 30.3 Å². The second-order valence-electron chi connectivity index (χ2n) is 7.90. The fourth-order valence-corrected chi connectivity index (χ4v) is 4.84. The van der Waals surface area contributed by atoms with Crippen LogP contribution in [0, 0.1) is 12.3 Å². The van der Waals surface area contributed by atoms with Gasteiger partial charge in [0.05, 0.1) is 30.6 Å². The first kappa shape index (κ1) is 16.9. The van der Waals surface area contributed by atoms with E-state index in [0.717, 1.165) is 22.3 Å². The molecule has 2 aliphatic rings. The molecule has 1 saturated carbocycles. The maximum absolute atomic E-state index is 10.9. The van der Waals surface area contributed by atoms with E-state index in [1.54, 1.807) is 6.33 Å². The number of ether oxygens (including phenoxy) is 1. The van der Waals surface area contributed by atoms with Gasteiger partial charge in [-0.25, -0.2) is 9.97 Å². The predicted octanol–water partition coefficient (Wildman–Crippen LogP) is 2.55. The van der Waals surface area contributed by atoms with Gasteiger partial charge in [-0.3, -0.25) is 0 Å². The van der Waals surface area contributed by atoms with E-state index in [4.69, 9.17) is 4.74 Å². The first-order chi connectivity index (χ1) is 13.1. The average molecular weight is 365 g/mol. The Morgan fingerprint density at radius 3 is 2.74 bits per heavy atom. The van der Waals surface area contributed by atoms with Crippen molar-refractivity contribution in [2.45, 2.75) is 44.1 Å². The van der Waals surface area contributed by atoms with E-state index in [1.807, 2.05) is 42.0 Å². The van der Waals surface area contributed by atoms with Crippen LogP contribution in [0.4, 0.5) is 0 Å². The minimum absolute atomic E-state index is 0.0437. The molecule has 6 heteroatoms. The van der Waals surface area contributed by atoms with Crippen molar-refractivity contribution in [1.82, 2.24) is 14.5 Å². The molecule has 140 valence electrons. The molecular weight excluding hydrogens is 342 g/mol. The fourth-order valence-electron chi connectivity index (χ4n) is 4.84. The first-order valence-corrected chi connectivity index (χ1v) is 9.40. The molecule has 0 bridgehead atoms. The van der Waals surface area contributed by atoms with Crippen LogP contribution in [-0.4, -0.2) is 43.6 Å². The molecule has 3 aromatic rings. The summed E-state index contributed by atoms with van der Waals surface area (Å²) < 4.78 is 8.05. The minimum Gasteiger partial charge on any atom is -0.390 e. The topological polar surface area (TPSA) is 80.4 Å². The number of aliphatic hydroxyl groups excluding tert-OH is 2. The van der Waals surface area contributed by atoms with Crippen molar-refractivity contribution in [3.05, 3.63) is 60.2 Å². The highest BCUT2D eigenvalue weighted by Gasteiger charge is 2.57. The molecule has 2 N–H and O–H groups in total. The number of aromatic nitrogens is 3. The van der Waals surface area contributed by atoms with Crippen LogP contribution in [-0.2, 0) is 4.74 Å². The average Bonchev–Trinajstić information content (AvgIpc) is 3.37. The number of aliphatic hydroxyl groups is 2. The van der Waals surface area contributed by atoms with Crippen molar-refractivity contribution < 1.29 is 14.9 Å². The summed E-state index contributed by atoms with van der Waals surface area (Å²) in [6.45, 7) is 2.40. The van der Waals surface area contributed by atoms with E-state index in [-0.39, 0.29) is 12.1 Å². The Morgan fingerprint density at radius 2 is 1.93 bits per heavy atom. The molecule has 5 atom stereocenters. The minimum atomic E-state index is -0.853. The highest BCUT2D eigenvalue weighted by molar-refractivity contribution is 5.78. The van der Waals surface area contributed by atoms with Crippen molar-refractivity contribution in [3.63, 3.8) is 0 Å². The number of fused-ring (bicyclic) bond motifs is 1. The van der Waals surface area contributed by atoms with Gasteiger partial charge in [0.25, 0.3) is 0 Å². The van der Waals surface area contributed by atoms with Crippen LogP contribution in [0.25, 0.3) is 11.0 Å². The molecule has 5 rings (SSSR count). The van der Waals surface area contributed by atoms with Gasteiger partial charge in [-0.2, -0.15) is 0 Å². The standard InChI is InChI=1S/C21H23N3O3/c1-13-15-7-8-24(20(15)23-12-22-13)16-9-21(19(26)18(16)25)10-17(27-11-21)14-5-3-2-4-6-14/h2-8,12,16-19,25-26H,9-11H2,1H3/t16-,17-,18+,19+,21-/m1/s1. The van der Waals surface area contributed by atoms with Crippen LogP contribution in [0.15, 0.2) is 48.9 Å². The molecule has 2 fully saturated rings. The summed E-state index contributed by atoms with van der Waals surface area (Å²) in [5.74, 6) is 0. The van der Waals surface area contributed by atoms with Crippen molar-refractivity contribution in [2.75, 3.05) is 6.61 Å². The third-order valence-corrected chi connectivity index (χ3v) is 6.36. The summed E-state index contributed by atoms with van der Waals surface area (Å²) in [4.78, 5) is 8.65. The van der Waals surface area contributed by atoms with Gasteiger partial charge >= 0.3 is 0 Å². The molecule has 27 heavy (non-hydrogen) atoms. The lowest BCUT2D eigenvalue weighted by Crippen LogP contribution is -2.37. The van der Waals surface area contributed by atoms with Crippen molar-refractivity contribution in [1.29, 1.82) is 0 Å². The molecule has 3 heterocycles. The van der Waals surface area contributed by atoms with Crippen LogP contribution in [0.3, 0.4) is 0 Å². The number of hydrogen-bond donors (Lipinski definition) is 2. The van der Waals surface area contributed by atoms with E-state index in [0.29, 0.717) is 19.4 Å². The Bertz CT molecular complexity index is 973. The smallest absolute Gasteiger partial charge is 0.143 e. The lowest BCUT2D eigenvalue weighted by Gasteiger charge is -2.26. The third kappa shape index (κ3) is 2.51. The maximum atomic E-state index is 10.9. The molecule has 1 saturated heterocycles. The molecule has 1 aromatic carbocycles. The summed E-state index contributed by atoms with van der Waals surface area (Å²) in [6.07, 6.45) is 3.13. The summed E-state index contributed by atoms with van der Waals surface area (Å²) in [5, 5.41) is 22.8. The fraction of sp³-hybridized carbons (Fsp3) is 0.429. The number of aryl methyl sites for hydroxylation is 1. The first-order valence-electron chi connectivity index (χ1n) is 9.40. The highest BCUT2D eigenvalue weighted by Crippen LogP contribution is 2.54. The predicted molar refractivity (Wildman–Crippen MR) is 100 cm³/mol. The third-order valence-electron chi connectivity index (χ3n) is 6.36. The van der Waals surface area contributed by atoms with Crippen molar-refractivity contribution in [3.8, 4) is 0 Å². The summed E-state index contributed by atoms with van der Waals surface area (Å²) in [5.41, 5.74) is 2.39. The zero-order chi connectivity index (χ0) is 18.6. The number of hydrogen-bond acceptors (Lipinski definition) is 5. The van der Waals surface area contributed by atoms with Crippen molar-refractivity contribution in [2.24, 2.45) is 5.41 Å². The normalized spacial score (nSPS) is 33.3. The summed E-state index contributed by atoms with van der Waals surface area (Å²) in [6, 6.07) is 11.8. The van der Waals surface area contributed by atoms with Crippen LogP contribution in [0.5, 0.6) is 0 Å². The Kier molecular flexibility index (Phi) is 3.82. The Hall–Kier alpha value is -2.28. The largest absolute Gasteiger partial charge is 0.390 e. The Labute approximate surface area is 157 Å². The number of nitrogens with zero attached hydrogens (tertiary/aromatic N) is 3. The zero-order valence-corrected chi connectivity index (χ0v) is 15.2. The molecular formula is C21H23N3O3. The van der Waals surface area contributed by atoms with Gasteiger partial charge in [0.2, 0.25) is 0 Å². The van der Waals surface area contributed by atoms with Crippen LogP contribution < -0.4 is 0 Å². The SMILES string of the molecule is Cc1ncnc2c1ccn2[C@@H]1C[C@@]2(CO[C@@H](c3ccccc3)C2)[C@@H](O)[C@H]1O. The zero-order valence-electron chi connectivity index (χ0n) is 15.2.